The maximum Gasteiger partial charge on any atom is 0.408 e. The number of ether oxygens (including phenoxy) is 1. The van der Waals surface area contributed by atoms with Crippen molar-refractivity contribution in [3.8, 4) is 11.1 Å². The van der Waals surface area contributed by atoms with E-state index in [0.29, 0.717) is 38.7 Å². The summed E-state index contributed by atoms with van der Waals surface area (Å²) < 4.78 is 5.16. The minimum Gasteiger partial charge on any atom is -0.444 e. The van der Waals surface area contributed by atoms with Gasteiger partial charge in [-0.2, -0.15) is 0 Å². The van der Waals surface area contributed by atoms with Gasteiger partial charge in [0.05, 0.1) is 0 Å². The third-order valence-electron chi connectivity index (χ3n) is 5.90. The van der Waals surface area contributed by atoms with Crippen molar-refractivity contribution < 1.29 is 24.2 Å². The first-order chi connectivity index (χ1) is 17.7. The zero-order valence-corrected chi connectivity index (χ0v) is 23.0. The molecule has 1 fully saturated rings. The molecule has 0 unspecified atom stereocenters. The molecule has 1 aliphatic heterocycles. The fourth-order valence-corrected chi connectivity index (χ4v) is 3.94. The lowest BCUT2D eigenvalue weighted by Gasteiger charge is -2.37. The van der Waals surface area contributed by atoms with Crippen LogP contribution in [-0.2, 0) is 20.9 Å². The third kappa shape index (κ3) is 8.14. The molecule has 0 spiro atoms. The molecule has 3 rings (SSSR count). The van der Waals surface area contributed by atoms with Gasteiger partial charge in [0, 0.05) is 57.7 Å². The minimum absolute atomic E-state index is 0.152. The van der Waals surface area contributed by atoms with Gasteiger partial charge in [-0.25, -0.2) is 14.8 Å². The van der Waals surface area contributed by atoms with Crippen LogP contribution in [0.1, 0.15) is 40.2 Å². The first-order valence-electron chi connectivity index (χ1n) is 12.6. The number of hydrogen-bond acceptors (Lipinski definition) is 8. The SMILES string of the molecule is CN(Cc1cccc(-c2cnc(N3CCN(C(=O)C(C)(C)O)CC3)nc2)c1)C(=O)CNC(=O)OC(C)(C)C. The number of amides is 3. The van der Waals surface area contributed by atoms with E-state index in [1.54, 1.807) is 50.0 Å². The average molecular weight is 527 g/mol. The second-order valence-electron chi connectivity index (χ2n) is 10.9. The number of aromatic nitrogens is 2. The summed E-state index contributed by atoms with van der Waals surface area (Å²) in [5.41, 5.74) is 0.671. The van der Waals surface area contributed by atoms with Crippen LogP contribution in [0.4, 0.5) is 10.7 Å². The first-order valence-corrected chi connectivity index (χ1v) is 12.6. The second kappa shape index (κ2) is 11.8. The molecule has 1 aromatic carbocycles. The monoisotopic (exact) mass is 526 g/mol. The van der Waals surface area contributed by atoms with Gasteiger partial charge in [0.15, 0.2) is 0 Å². The Labute approximate surface area is 223 Å². The van der Waals surface area contributed by atoms with Gasteiger partial charge in [0.25, 0.3) is 5.91 Å². The van der Waals surface area contributed by atoms with Gasteiger partial charge in [-0.1, -0.05) is 18.2 Å². The fourth-order valence-electron chi connectivity index (χ4n) is 3.94. The van der Waals surface area contributed by atoms with Crippen LogP contribution < -0.4 is 10.2 Å². The Kier molecular flexibility index (Phi) is 8.93. The molecule has 0 aliphatic carbocycles. The molecule has 0 atom stereocenters. The predicted octanol–water partition coefficient (Wildman–Crippen LogP) is 2.05. The summed E-state index contributed by atoms with van der Waals surface area (Å²) in [5, 5.41) is 12.5. The van der Waals surface area contributed by atoms with E-state index in [2.05, 4.69) is 15.3 Å². The van der Waals surface area contributed by atoms with Gasteiger partial charge in [-0.05, 0) is 51.8 Å². The molecule has 2 heterocycles. The van der Waals surface area contributed by atoms with Gasteiger partial charge < -0.3 is 29.9 Å². The molecular weight excluding hydrogens is 488 g/mol. The summed E-state index contributed by atoms with van der Waals surface area (Å²) in [6, 6.07) is 7.77. The lowest BCUT2D eigenvalue weighted by atomic mass is 10.1. The van der Waals surface area contributed by atoms with Gasteiger partial charge in [0.2, 0.25) is 11.9 Å². The molecule has 0 saturated carbocycles. The number of aliphatic hydroxyl groups is 1. The Morgan fingerprint density at radius 3 is 2.24 bits per heavy atom. The van der Waals surface area contributed by atoms with Crippen LogP contribution in [0.15, 0.2) is 36.7 Å². The van der Waals surface area contributed by atoms with Crippen LogP contribution >= 0.6 is 0 Å². The smallest absolute Gasteiger partial charge is 0.408 e. The van der Waals surface area contributed by atoms with Crippen molar-refractivity contribution in [2.75, 3.05) is 44.7 Å². The van der Waals surface area contributed by atoms with Crippen molar-refractivity contribution in [2.24, 2.45) is 0 Å². The molecule has 0 bridgehead atoms. The van der Waals surface area contributed by atoms with Crippen molar-refractivity contribution in [3.63, 3.8) is 0 Å². The van der Waals surface area contributed by atoms with E-state index in [0.717, 1.165) is 16.7 Å². The van der Waals surface area contributed by atoms with E-state index in [1.807, 2.05) is 29.2 Å². The molecule has 38 heavy (non-hydrogen) atoms. The summed E-state index contributed by atoms with van der Waals surface area (Å²) in [7, 11) is 1.68. The summed E-state index contributed by atoms with van der Waals surface area (Å²) in [4.78, 5) is 50.8. The zero-order valence-electron chi connectivity index (χ0n) is 23.0. The number of rotatable bonds is 7. The Morgan fingerprint density at radius 1 is 1.03 bits per heavy atom. The number of carbonyl (C=O) groups excluding carboxylic acids is 3. The van der Waals surface area contributed by atoms with Crippen molar-refractivity contribution in [1.29, 1.82) is 0 Å². The Hall–Kier alpha value is -3.73. The van der Waals surface area contributed by atoms with Crippen LogP contribution in [0.5, 0.6) is 0 Å². The quantitative estimate of drug-likeness (QED) is 0.561. The number of likely N-dealkylation sites (N-methyl/N-ethyl adjacent to an activating group) is 1. The maximum absolute atomic E-state index is 12.5. The number of nitrogens with one attached hydrogen (secondary N) is 1. The summed E-state index contributed by atoms with van der Waals surface area (Å²) in [5.74, 6) is 0.0707. The summed E-state index contributed by atoms with van der Waals surface area (Å²) in [6.45, 7) is 10.7. The summed E-state index contributed by atoms with van der Waals surface area (Å²) in [6.07, 6.45) is 2.89. The number of anilines is 1. The highest BCUT2D eigenvalue weighted by Gasteiger charge is 2.32. The number of benzene rings is 1. The molecule has 11 heteroatoms. The summed E-state index contributed by atoms with van der Waals surface area (Å²) >= 11 is 0. The number of hydrogen-bond donors (Lipinski definition) is 2. The molecule has 1 aliphatic rings. The van der Waals surface area contributed by atoms with Crippen LogP contribution in [-0.4, -0.2) is 93.8 Å². The van der Waals surface area contributed by atoms with E-state index < -0.39 is 17.3 Å². The second-order valence-corrected chi connectivity index (χ2v) is 10.9. The van der Waals surface area contributed by atoms with E-state index >= 15 is 0 Å². The van der Waals surface area contributed by atoms with Crippen molar-refractivity contribution >= 4 is 23.9 Å². The first kappa shape index (κ1) is 28.8. The lowest BCUT2D eigenvalue weighted by Crippen LogP contribution is -2.54. The highest BCUT2D eigenvalue weighted by atomic mass is 16.6. The number of piperazine rings is 1. The van der Waals surface area contributed by atoms with E-state index in [9.17, 15) is 19.5 Å². The van der Waals surface area contributed by atoms with E-state index in [-0.39, 0.29) is 18.4 Å². The van der Waals surface area contributed by atoms with Crippen molar-refractivity contribution in [1.82, 2.24) is 25.1 Å². The van der Waals surface area contributed by atoms with Gasteiger partial charge in [-0.15, -0.1) is 0 Å². The largest absolute Gasteiger partial charge is 0.444 e. The van der Waals surface area contributed by atoms with E-state index in [4.69, 9.17) is 4.74 Å². The average Bonchev–Trinajstić information content (AvgIpc) is 2.85. The normalized spacial score (nSPS) is 14.2. The molecule has 1 saturated heterocycles. The Morgan fingerprint density at radius 2 is 1.66 bits per heavy atom. The number of alkyl carbamates (subject to hydrolysis) is 1. The van der Waals surface area contributed by atoms with Crippen LogP contribution in [0.2, 0.25) is 0 Å². The van der Waals surface area contributed by atoms with Crippen LogP contribution in [0.3, 0.4) is 0 Å². The molecule has 2 aromatic rings. The maximum atomic E-state index is 12.5. The topological polar surface area (TPSA) is 128 Å². The zero-order chi connectivity index (χ0) is 28.1. The standard InChI is InChI=1S/C27H38N6O5/c1-26(2,3)38-25(36)30-17-22(34)31(6)18-19-8-7-9-20(14-19)21-15-28-24(29-16-21)33-12-10-32(11-13-33)23(35)27(4,5)37/h7-9,14-16,37H,10-13,17-18H2,1-6H3,(H,30,36). The Bertz CT molecular complexity index is 1130. The Balaban J connectivity index is 1.55. The molecule has 0 radical (unpaired) electrons. The molecule has 2 N–H and O–H groups in total. The van der Waals surface area contributed by atoms with Gasteiger partial charge in [0.1, 0.15) is 17.7 Å². The predicted molar refractivity (Wildman–Crippen MR) is 143 cm³/mol. The van der Waals surface area contributed by atoms with E-state index in [1.165, 1.54) is 13.8 Å². The molecular formula is C27H38N6O5. The minimum atomic E-state index is -1.38. The molecule has 206 valence electrons. The van der Waals surface area contributed by atoms with Crippen molar-refractivity contribution in [3.05, 3.63) is 42.2 Å². The molecule has 11 nitrogen and oxygen atoms in total. The molecule has 3 amide bonds. The third-order valence-corrected chi connectivity index (χ3v) is 5.90. The number of nitrogens with zero attached hydrogens (tertiary/aromatic N) is 5. The van der Waals surface area contributed by atoms with Crippen LogP contribution in [0, 0.1) is 0 Å². The van der Waals surface area contributed by atoms with Crippen molar-refractivity contribution in [2.45, 2.75) is 52.4 Å². The fraction of sp³-hybridized carbons (Fsp3) is 0.519. The highest BCUT2D eigenvalue weighted by molar-refractivity contribution is 5.84. The highest BCUT2D eigenvalue weighted by Crippen LogP contribution is 2.22. The van der Waals surface area contributed by atoms with Crippen LogP contribution in [0.25, 0.3) is 11.1 Å². The number of carbonyl (C=O) groups is 3. The van der Waals surface area contributed by atoms with Gasteiger partial charge >= 0.3 is 6.09 Å². The van der Waals surface area contributed by atoms with Gasteiger partial charge in [-0.3, -0.25) is 9.59 Å². The lowest BCUT2D eigenvalue weighted by molar-refractivity contribution is -0.148. The molecule has 1 aromatic heterocycles.